The second kappa shape index (κ2) is 10.4. The molecule has 1 heterocycles. The fourth-order valence-electron chi connectivity index (χ4n) is 3.01. The molecule has 188 valence electrons. The van der Waals surface area contributed by atoms with Crippen LogP contribution >= 0.6 is 0 Å². The first-order chi connectivity index (χ1) is 16.9. The molecular formula is C23H20F3N5O5. The van der Waals surface area contributed by atoms with Crippen LogP contribution in [0.3, 0.4) is 0 Å². The number of benzene rings is 2. The Bertz CT molecular complexity index is 1240. The summed E-state index contributed by atoms with van der Waals surface area (Å²) < 4.78 is 39.1. The van der Waals surface area contributed by atoms with Gasteiger partial charge in [-0.05, 0) is 42.5 Å². The lowest BCUT2D eigenvalue weighted by Crippen LogP contribution is -2.58. The number of hydrazone groups is 1. The quantitative estimate of drug-likeness (QED) is 0.316. The maximum Gasteiger partial charge on any atom is 0.416 e. The summed E-state index contributed by atoms with van der Waals surface area (Å²) in [6.07, 6.45) is -3.95. The molecule has 10 nitrogen and oxygen atoms in total. The maximum absolute atomic E-state index is 13.0. The Morgan fingerprint density at radius 3 is 2.36 bits per heavy atom. The summed E-state index contributed by atoms with van der Waals surface area (Å²) >= 11 is 0. The molecule has 0 saturated carbocycles. The van der Waals surface area contributed by atoms with Crippen molar-refractivity contribution in [1.29, 1.82) is 0 Å². The summed E-state index contributed by atoms with van der Waals surface area (Å²) in [6, 6.07) is 8.06. The molecule has 13 heteroatoms. The SMILES string of the molecule is CC(C)C(=O)Nc1ccc(C(=O)N/N=C\[C@@H]2C(=O)NC(=O)N(c3cccc(C(F)(F)F)c3)C2=O)cc1. The molecule has 0 bridgehead atoms. The van der Waals surface area contributed by atoms with E-state index in [2.05, 4.69) is 15.8 Å². The molecule has 1 atom stereocenters. The van der Waals surface area contributed by atoms with Gasteiger partial charge in [0.05, 0.1) is 11.3 Å². The molecule has 1 fully saturated rings. The molecule has 36 heavy (non-hydrogen) atoms. The van der Waals surface area contributed by atoms with Crippen molar-refractivity contribution in [2.24, 2.45) is 16.9 Å². The fourth-order valence-corrected chi connectivity index (χ4v) is 3.01. The molecule has 1 aliphatic heterocycles. The largest absolute Gasteiger partial charge is 0.416 e. The first-order valence-corrected chi connectivity index (χ1v) is 10.5. The third-order valence-electron chi connectivity index (χ3n) is 4.96. The third kappa shape index (κ3) is 5.92. The summed E-state index contributed by atoms with van der Waals surface area (Å²) in [4.78, 5) is 61.5. The van der Waals surface area contributed by atoms with Crippen molar-refractivity contribution in [3.63, 3.8) is 0 Å². The molecule has 0 unspecified atom stereocenters. The molecule has 2 aromatic rings. The Labute approximate surface area is 202 Å². The van der Waals surface area contributed by atoms with Crippen molar-refractivity contribution < 1.29 is 37.1 Å². The molecule has 3 rings (SSSR count). The van der Waals surface area contributed by atoms with Gasteiger partial charge in [0, 0.05) is 23.4 Å². The first-order valence-electron chi connectivity index (χ1n) is 10.5. The van der Waals surface area contributed by atoms with Gasteiger partial charge >= 0.3 is 12.2 Å². The third-order valence-corrected chi connectivity index (χ3v) is 4.96. The second-order valence-corrected chi connectivity index (χ2v) is 7.93. The van der Waals surface area contributed by atoms with Gasteiger partial charge in [0.2, 0.25) is 11.8 Å². The minimum absolute atomic E-state index is 0.148. The lowest BCUT2D eigenvalue weighted by Gasteiger charge is -2.28. The number of amides is 6. The van der Waals surface area contributed by atoms with Gasteiger partial charge in [0.25, 0.3) is 11.8 Å². The predicted molar refractivity (Wildman–Crippen MR) is 122 cm³/mol. The van der Waals surface area contributed by atoms with Gasteiger partial charge in [0.15, 0.2) is 5.92 Å². The van der Waals surface area contributed by atoms with Crippen LogP contribution in [0.25, 0.3) is 0 Å². The van der Waals surface area contributed by atoms with Gasteiger partial charge in [-0.15, -0.1) is 0 Å². The molecule has 0 aliphatic carbocycles. The molecule has 0 spiro atoms. The summed E-state index contributed by atoms with van der Waals surface area (Å²) in [5, 5.41) is 8.12. The summed E-state index contributed by atoms with van der Waals surface area (Å²) in [7, 11) is 0. The van der Waals surface area contributed by atoms with Crippen LogP contribution in [0.2, 0.25) is 0 Å². The smallest absolute Gasteiger partial charge is 0.326 e. The van der Waals surface area contributed by atoms with E-state index < -0.39 is 47.1 Å². The van der Waals surface area contributed by atoms with E-state index in [4.69, 9.17) is 0 Å². The average Bonchev–Trinajstić information content (AvgIpc) is 2.81. The number of carbonyl (C=O) groups is 5. The van der Waals surface area contributed by atoms with Crippen molar-refractivity contribution in [3.05, 3.63) is 59.7 Å². The standard InChI is InChI=1S/C23H20F3N5O5/c1-12(2)18(32)28-15-8-6-13(7-9-15)19(33)30-27-11-17-20(34)29-22(36)31(21(17)35)16-5-3-4-14(10-16)23(24,25)26/h3-12,17H,1-2H3,(H,28,32)(H,30,33)(H,29,34,36)/b27-11-/t17-/m1/s1. The fraction of sp³-hybridized carbons (Fsp3) is 0.217. The highest BCUT2D eigenvalue weighted by molar-refractivity contribution is 6.32. The van der Waals surface area contributed by atoms with E-state index in [9.17, 15) is 37.1 Å². The van der Waals surface area contributed by atoms with Crippen LogP contribution in [0.1, 0.15) is 29.8 Å². The second-order valence-electron chi connectivity index (χ2n) is 7.93. The summed E-state index contributed by atoms with van der Waals surface area (Å²) in [5.74, 6) is -5.04. The van der Waals surface area contributed by atoms with E-state index in [-0.39, 0.29) is 17.4 Å². The monoisotopic (exact) mass is 503 g/mol. The number of nitrogens with zero attached hydrogens (tertiary/aromatic N) is 2. The molecular weight excluding hydrogens is 483 g/mol. The van der Waals surface area contributed by atoms with Crippen molar-refractivity contribution >= 4 is 47.2 Å². The number of nitrogens with one attached hydrogen (secondary N) is 3. The van der Waals surface area contributed by atoms with Crippen LogP contribution in [-0.4, -0.2) is 35.9 Å². The predicted octanol–water partition coefficient (Wildman–Crippen LogP) is 2.91. The number of urea groups is 1. The Hall–Kier alpha value is -4.55. The number of alkyl halides is 3. The topological polar surface area (TPSA) is 137 Å². The molecule has 1 aliphatic rings. The van der Waals surface area contributed by atoms with Crippen molar-refractivity contribution in [2.75, 3.05) is 10.2 Å². The van der Waals surface area contributed by atoms with E-state index in [0.29, 0.717) is 16.7 Å². The lowest BCUT2D eigenvalue weighted by atomic mass is 10.1. The number of rotatable bonds is 6. The molecule has 0 radical (unpaired) electrons. The van der Waals surface area contributed by atoms with Gasteiger partial charge in [0.1, 0.15) is 0 Å². The number of carbonyl (C=O) groups excluding carboxylic acids is 5. The zero-order valence-electron chi connectivity index (χ0n) is 18.9. The van der Waals surface area contributed by atoms with Crippen LogP contribution < -0.4 is 21.0 Å². The van der Waals surface area contributed by atoms with Crippen molar-refractivity contribution in [1.82, 2.24) is 10.7 Å². The highest BCUT2D eigenvalue weighted by Crippen LogP contribution is 2.32. The van der Waals surface area contributed by atoms with Crippen LogP contribution in [0.4, 0.5) is 29.3 Å². The Kier molecular flexibility index (Phi) is 7.51. The minimum atomic E-state index is -4.72. The van der Waals surface area contributed by atoms with Gasteiger partial charge < -0.3 is 5.32 Å². The van der Waals surface area contributed by atoms with E-state index >= 15 is 0 Å². The number of hydrogen-bond donors (Lipinski definition) is 3. The number of halogens is 3. The van der Waals surface area contributed by atoms with E-state index in [1.54, 1.807) is 13.8 Å². The van der Waals surface area contributed by atoms with Crippen LogP contribution in [-0.2, 0) is 20.6 Å². The maximum atomic E-state index is 13.0. The minimum Gasteiger partial charge on any atom is -0.326 e. The highest BCUT2D eigenvalue weighted by atomic mass is 19.4. The number of hydrogen-bond acceptors (Lipinski definition) is 6. The van der Waals surface area contributed by atoms with Crippen molar-refractivity contribution in [3.8, 4) is 0 Å². The normalized spacial score (nSPS) is 16.3. The van der Waals surface area contributed by atoms with Crippen LogP contribution in [0, 0.1) is 11.8 Å². The zero-order chi connectivity index (χ0) is 26.6. The van der Waals surface area contributed by atoms with E-state index in [1.165, 1.54) is 24.3 Å². The zero-order valence-corrected chi connectivity index (χ0v) is 18.9. The Morgan fingerprint density at radius 1 is 1.08 bits per heavy atom. The van der Waals surface area contributed by atoms with Gasteiger partial charge in [-0.1, -0.05) is 19.9 Å². The van der Waals surface area contributed by atoms with Crippen LogP contribution in [0.15, 0.2) is 53.6 Å². The molecule has 1 saturated heterocycles. The molecule has 0 aromatic heterocycles. The van der Waals surface area contributed by atoms with Gasteiger partial charge in [-0.2, -0.15) is 18.3 Å². The molecule has 2 aromatic carbocycles. The summed E-state index contributed by atoms with van der Waals surface area (Å²) in [5.41, 5.74) is 1.25. The number of imide groups is 2. The Balaban J connectivity index is 1.70. The number of anilines is 2. The van der Waals surface area contributed by atoms with Gasteiger partial charge in [-0.3, -0.25) is 24.5 Å². The molecule has 3 N–H and O–H groups in total. The lowest BCUT2D eigenvalue weighted by molar-refractivity contribution is -0.138. The van der Waals surface area contributed by atoms with Crippen LogP contribution in [0.5, 0.6) is 0 Å². The summed E-state index contributed by atoms with van der Waals surface area (Å²) in [6.45, 7) is 3.45. The van der Waals surface area contributed by atoms with E-state index in [0.717, 1.165) is 24.4 Å². The van der Waals surface area contributed by atoms with Crippen molar-refractivity contribution in [2.45, 2.75) is 20.0 Å². The van der Waals surface area contributed by atoms with E-state index in [1.807, 2.05) is 5.32 Å². The highest BCUT2D eigenvalue weighted by Gasteiger charge is 2.41. The average molecular weight is 503 g/mol. The molecule has 6 amide bonds. The van der Waals surface area contributed by atoms with Gasteiger partial charge in [-0.25, -0.2) is 15.1 Å². The first kappa shape index (κ1) is 26.1. The number of barbiturate groups is 1. The Morgan fingerprint density at radius 2 is 1.75 bits per heavy atom.